The number of fused-ring (bicyclic) bond motifs is 1. The second kappa shape index (κ2) is 7.51. The van der Waals surface area contributed by atoms with Crippen molar-refractivity contribution in [1.82, 2.24) is 4.90 Å². The van der Waals surface area contributed by atoms with Gasteiger partial charge >= 0.3 is 0 Å². The van der Waals surface area contributed by atoms with Crippen LogP contribution < -0.4 is 0 Å². The molecule has 3 aromatic rings. The normalized spacial score (nSPS) is 21.0. The molecular weight excluding hydrogens is 362 g/mol. The lowest BCUT2D eigenvalue weighted by Crippen LogP contribution is -2.48. The number of amidine groups is 1. The van der Waals surface area contributed by atoms with E-state index in [2.05, 4.69) is 12.1 Å². The van der Waals surface area contributed by atoms with Crippen molar-refractivity contribution in [1.29, 1.82) is 0 Å². The molecule has 0 radical (unpaired) electrons. The second-order valence-corrected chi connectivity index (χ2v) is 7.36. The van der Waals surface area contributed by atoms with E-state index in [9.17, 15) is 4.79 Å². The van der Waals surface area contributed by atoms with Gasteiger partial charge in [-0.15, -0.1) is 0 Å². The van der Waals surface area contributed by atoms with Gasteiger partial charge < -0.3 is 4.42 Å². The van der Waals surface area contributed by atoms with E-state index in [1.54, 1.807) is 6.26 Å². The van der Waals surface area contributed by atoms with Crippen molar-refractivity contribution < 1.29 is 9.21 Å². The Morgan fingerprint density at radius 3 is 2.34 bits per heavy atom. The zero-order valence-corrected chi connectivity index (χ0v) is 15.9. The maximum absolute atomic E-state index is 13.2. The average Bonchev–Trinajstić information content (AvgIpc) is 3.38. The molecule has 2 unspecified atom stereocenters. The first-order valence-electron chi connectivity index (χ1n) is 9.85. The lowest BCUT2D eigenvalue weighted by molar-refractivity contribution is -0.127. The number of benzene rings is 2. The molecule has 2 aliphatic heterocycles. The van der Waals surface area contributed by atoms with E-state index in [0.29, 0.717) is 19.4 Å². The summed E-state index contributed by atoms with van der Waals surface area (Å²) in [5.74, 6) is 1.57. The van der Waals surface area contributed by atoms with Gasteiger partial charge in [-0.3, -0.25) is 19.7 Å². The fourth-order valence-electron chi connectivity index (χ4n) is 3.96. The number of hydrogen-bond acceptors (Lipinski definition) is 4. The summed E-state index contributed by atoms with van der Waals surface area (Å²) in [4.78, 5) is 24.8. The number of amides is 1. The third kappa shape index (κ3) is 3.51. The molecule has 1 aromatic heterocycles. The van der Waals surface area contributed by atoms with Crippen molar-refractivity contribution in [2.24, 2.45) is 9.98 Å². The number of aliphatic imine (C=N–C) groups is 2. The number of nitrogens with zero attached hydrogens (tertiary/aromatic N) is 3. The first kappa shape index (κ1) is 17.6. The van der Waals surface area contributed by atoms with Crippen molar-refractivity contribution in [3.63, 3.8) is 0 Å². The molecule has 29 heavy (non-hydrogen) atoms. The molecule has 2 atom stereocenters. The quantitative estimate of drug-likeness (QED) is 0.677. The summed E-state index contributed by atoms with van der Waals surface area (Å²) >= 11 is 0. The summed E-state index contributed by atoms with van der Waals surface area (Å²) in [5, 5.41) is 0. The fourth-order valence-corrected chi connectivity index (χ4v) is 3.96. The summed E-state index contributed by atoms with van der Waals surface area (Å²) in [5.41, 5.74) is 3.16. The molecule has 5 heteroatoms. The highest BCUT2D eigenvalue weighted by atomic mass is 16.3. The molecule has 2 aromatic carbocycles. The minimum Gasteiger partial charge on any atom is -0.469 e. The molecule has 0 spiro atoms. The number of hydrogen-bond donors (Lipinski definition) is 0. The van der Waals surface area contributed by atoms with Gasteiger partial charge in [0.05, 0.1) is 18.5 Å². The summed E-state index contributed by atoms with van der Waals surface area (Å²) in [6.45, 7) is 0.460. The molecule has 0 N–H and O–H groups in total. The van der Waals surface area contributed by atoms with Gasteiger partial charge in [-0.05, 0) is 23.3 Å². The monoisotopic (exact) mass is 383 g/mol. The maximum Gasteiger partial charge on any atom is 0.253 e. The first-order valence-corrected chi connectivity index (χ1v) is 9.85. The van der Waals surface area contributed by atoms with Crippen molar-refractivity contribution in [3.05, 3.63) is 95.9 Å². The second-order valence-electron chi connectivity index (χ2n) is 7.36. The Morgan fingerprint density at radius 1 is 0.862 bits per heavy atom. The number of rotatable bonds is 5. The SMILES string of the molecule is O=C1C(Cc2ccco2)N=C2C(Cc3ccccc3)N=C(c3ccccc3)CN12. The number of furan rings is 1. The van der Waals surface area contributed by atoms with Crippen LogP contribution in [0.5, 0.6) is 0 Å². The Kier molecular flexibility index (Phi) is 4.56. The Bertz CT molecular complexity index is 1060. The fraction of sp³-hybridized carbons (Fsp3) is 0.208. The molecule has 2 aliphatic rings. The van der Waals surface area contributed by atoms with Crippen molar-refractivity contribution in [2.75, 3.05) is 6.54 Å². The van der Waals surface area contributed by atoms with Crippen molar-refractivity contribution >= 4 is 17.5 Å². The Labute approximate surface area is 169 Å². The van der Waals surface area contributed by atoms with E-state index in [4.69, 9.17) is 14.4 Å². The van der Waals surface area contributed by atoms with Gasteiger partial charge in [0, 0.05) is 12.8 Å². The lowest BCUT2D eigenvalue weighted by atomic mass is 10.0. The third-order valence-corrected chi connectivity index (χ3v) is 5.39. The highest BCUT2D eigenvalue weighted by Gasteiger charge is 2.41. The first-order chi connectivity index (χ1) is 14.3. The molecule has 0 bridgehead atoms. The third-order valence-electron chi connectivity index (χ3n) is 5.39. The summed E-state index contributed by atoms with van der Waals surface area (Å²) < 4.78 is 5.44. The van der Waals surface area contributed by atoms with Gasteiger partial charge in [-0.2, -0.15) is 0 Å². The van der Waals surface area contributed by atoms with E-state index in [1.807, 2.05) is 65.6 Å². The van der Waals surface area contributed by atoms with Crippen LogP contribution in [0.2, 0.25) is 0 Å². The smallest absolute Gasteiger partial charge is 0.253 e. The van der Waals surface area contributed by atoms with Gasteiger partial charge in [-0.25, -0.2) is 0 Å². The van der Waals surface area contributed by atoms with Gasteiger partial charge in [0.25, 0.3) is 5.91 Å². The number of carbonyl (C=O) groups excluding carboxylic acids is 1. The lowest BCUT2D eigenvalue weighted by Gasteiger charge is -2.29. The van der Waals surface area contributed by atoms with E-state index in [0.717, 1.165) is 22.9 Å². The molecular formula is C24H21N3O2. The Balaban J connectivity index is 1.49. The van der Waals surface area contributed by atoms with E-state index in [-0.39, 0.29) is 11.9 Å². The molecule has 0 saturated carbocycles. The summed E-state index contributed by atoms with van der Waals surface area (Å²) in [6, 6.07) is 23.4. The highest BCUT2D eigenvalue weighted by molar-refractivity contribution is 6.16. The maximum atomic E-state index is 13.2. The predicted molar refractivity (Wildman–Crippen MR) is 112 cm³/mol. The van der Waals surface area contributed by atoms with Crippen LogP contribution in [-0.4, -0.2) is 41.0 Å². The average molecular weight is 383 g/mol. The Hall–Kier alpha value is -3.47. The minimum atomic E-state index is -0.445. The topological polar surface area (TPSA) is 58.2 Å². The van der Waals surface area contributed by atoms with Crippen LogP contribution in [0.25, 0.3) is 0 Å². The van der Waals surface area contributed by atoms with Crippen LogP contribution in [0.4, 0.5) is 0 Å². The van der Waals surface area contributed by atoms with Gasteiger partial charge in [0.1, 0.15) is 23.7 Å². The zero-order valence-electron chi connectivity index (χ0n) is 15.9. The van der Waals surface area contributed by atoms with E-state index >= 15 is 0 Å². The molecule has 5 rings (SSSR count). The summed E-state index contributed by atoms with van der Waals surface area (Å²) in [7, 11) is 0. The van der Waals surface area contributed by atoms with Crippen molar-refractivity contribution in [3.8, 4) is 0 Å². The number of carbonyl (C=O) groups is 1. The standard InChI is InChI=1S/C24H21N3O2/c28-24-21(15-19-12-7-13-29-19)26-23-20(14-17-8-3-1-4-9-17)25-22(16-27(23)24)18-10-5-2-6-11-18/h1-13,20-21H,14-16H2. The molecule has 5 nitrogen and oxygen atoms in total. The van der Waals surface area contributed by atoms with E-state index < -0.39 is 6.04 Å². The van der Waals surface area contributed by atoms with Gasteiger partial charge in [0.2, 0.25) is 0 Å². The molecule has 0 saturated heterocycles. The Morgan fingerprint density at radius 2 is 1.62 bits per heavy atom. The van der Waals surface area contributed by atoms with Gasteiger partial charge in [0.15, 0.2) is 0 Å². The highest BCUT2D eigenvalue weighted by Crippen LogP contribution is 2.25. The molecule has 0 aliphatic carbocycles. The van der Waals surface area contributed by atoms with Crippen LogP contribution in [0.15, 0.2) is 93.5 Å². The van der Waals surface area contributed by atoms with Crippen LogP contribution in [-0.2, 0) is 17.6 Å². The predicted octanol–water partition coefficient (Wildman–Crippen LogP) is 3.55. The van der Waals surface area contributed by atoms with Crippen LogP contribution in [0.3, 0.4) is 0 Å². The molecule has 0 fully saturated rings. The van der Waals surface area contributed by atoms with Crippen LogP contribution >= 0.6 is 0 Å². The van der Waals surface area contributed by atoms with E-state index in [1.165, 1.54) is 5.56 Å². The largest absolute Gasteiger partial charge is 0.469 e. The summed E-state index contributed by atoms with van der Waals surface area (Å²) in [6.07, 6.45) is 2.82. The zero-order chi connectivity index (χ0) is 19.6. The van der Waals surface area contributed by atoms with Gasteiger partial charge in [-0.1, -0.05) is 60.7 Å². The van der Waals surface area contributed by atoms with Crippen molar-refractivity contribution in [2.45, 2.75) is 24.9 Å². The molecule has 1 amide bonds. The molecule has 144 valence electrons. The van der Waals surface area contributed by atoms with Crippen LogP contribution in [0, 0.1) is 0 Å². The van der Waals surface area contributed by atoms with Crippen LogP contribution in [0.1, 0.15) is 16.9 Å². The minimum absolute atomic E-state index is 0.0257. The molecule has 3 heterocycles.